The molecular formula is C28H33N3O3S. The standard InChI is InChI=1S/C28H33N3O3S/c1-28(2)12-14-30(15-13-28)16-19-6-8-20(9-7-19)18-35-24-5-3-4-21-22(24)17-31(27(21)34)23-10-11-25(32)29-26(23)33/h3-9,23H,10-18H2,1-2H3,(H,29,32,33). The lowest BCUT2D eigenvalue weighted by Crippen LogP contribution is -2.52. The molecule has 35 heavy (non-hydrogen) atoms. The van der Waals surface area contributed by atoms with E-state index in [0.29, 0.717) is 23.9 Å². The highest BCUT2D eigenvalue weighted by molar-refractivity contribution is 7.98. The number of nitrogens with zero attached hydrogens (tertiary/aromatic N) is 2. The number of fused-ring (bicyclic) bond motifs is 1. The Bertz CT molecular complexity index is 1130. The summed E-state index contributed by atoms with van der Waals surface area (Å²) in [6.07, 6.45) is 3.16. The van der Waals surface area contributed by atoms with Gasteiger partial charge in [-0.05, 0) is 66.6 Å². The summed E-state index contributed by atoms with van der Waals surface area (Å²) < 4.78 is 0. The first-order chi connectivity index (χ1) is 16.8. The summed E-state index contributed by atoms with van der Waals surface area (Å²) in [5, 5.41) is 2.37. The second kappa shape index (κ2) is 9.78. The van der Waals surface area contributed by atoms with E-state index in [0.717, 1.165) is 35.8 Å². The Morgan fingerprint density at radius 2 is 1.71 bits per heavy atom. The molecule has 3 aliphatic rings. The molecule has 2 fully saturated rings. The predicted octanol–water partition coefficient (Wildman–Crippen LogP) is 4.36. The van der Waals surface area contributed by atoms with Crippen molar-refractivity contribution in [1.82, 2.24) is 15.1 Å². The maximum Gasteiger partial charge on any atom is 0.255 e. The molecule has 2 saturated heterocycles. The van der Waals surface area contributed by atoms with Gasteiger partial charge in [0.25, 0.3) is 5.91 Å². The third-order valence-corrected chi connectivity index (χ3v) is 8.74. The minimum absolute atomic E-state index is 0.123. The number of imide groups is 1. The summed E-state index contributed by atoms with van der Waals surface area (Å²) in [5.41, 5.74) is 4.72. The lowest BCUT2D eigenvalue weighted by Gasteiger charge is -2.36. The number of carbonyl (C=O) groups excluding carboxylic acids is 3. The molecule has 3 amide bonds. The Hall–Kier alpha value is -2.64. The number of rotatable bonds is 6. The summed E-state index contributed by atoms with van der Waals surface area (Å²) in [7, 11) is 0. The number of carbonyl (C=O) groups is 3. The second-order valence-electron chi connectivity index (χ2n) is 10.7. The van der Waals surface area contributed by atoms with E-state index in [2.05, 4.69) is 54.4 Å². The summed E-state index contributed by atoms with van der Waals surface area (Å²) in [5.74, 6) is 0.0613. The van der Waals surface area contributed by atoms with E-state index in [9.17, 15) is 14.4 Å². The molecule has 2 aromatic carbocycles. The molecule has 0 bridgehead atoms. The third kappa shape index (κ3) is 5.31. The minimum atomic E-state index is -0.580. The molecule has 6 nitrogen and oxygen atoms in total. The SMILES string of the molecule is CC1(C)CCN(Cc2ccc(CSc3cccc4c3CN(C3CCC(=O)NC3=O)C4=O)cc2)CC1. The summed E-state index contributed by atoms with van der Waals surface area (Å²) >= 11 is 1.73. The van der Waals surface area contributed by atoms with Crippen LogP contribution in [-0.4, -0.2) is 46.7 Å². The maximum atomic E-state index is 13.0. The molecule has 2 aromatic rings. The predicted molar refractivity (Wildman–Crippen MR) is 137 cm³/mol. The number of amides is 3. The van der Waals surface area contributed by atoms with Gasteiger partial charge in [-0.3, -0.25) is 24.6 Å². The van der Waals surface area contributed by atoms with Gasteiger partial charge >= 0.3 is 0 Å². The third-order valence-electron chi connectivity index (χ3n) is 7.57. The zero-order valence-electron chi connectivity index (χ0n) is 20.5. The fourth-order valence-electron chi connectivity index (χ4n) is 5.17. The van der Waals surface area contributed by atoms with Crippen molar-refractivity contribution in [2.45, 2.75) is 69.3 Å². The molecule has 1 unspecified atom stereocenters. The van der Waals surface area contributed by atoms with Crippen LogP contribution in [0.15, 0.2) is 47.4 Å². The molecule has 0 spiro atoms. The summed E-state index contributed by atoms with van der Waals surface area (Å²) in [4.78, 5) is 42.1. The van der Waals surface area contributed by atoms with Gasteiger partial charge in [0.15, 0.2) is 0 Å². The van der Waals surface area contributed by atoms with Gasteiger partial charge in [-0.2, -0.15) is 0 Å². The van der Waals surface area contributed by atoms with E-state index in [1.165, 1.54) is 24.0 Å². The molecule has 1 atom stereocenters. The lowest BCUT2D eigenvalue weighted by molar-refractivity contribution is -0.136. The van der Waals surface area contributed by atoms with Crippen molar-refractivity contribution in [3.8, 4) is 0 Å². The molecule has 5 rings (SSSR count). The van der Waals surface area contributed by atoms with Crippen molar-refractivity contribution in [2.75, 3.05) is 13.1 Å². The molecule has 3 aliphatic heterocycles. The molecule has 0 saturated carbocycles. The van der Waals surface area contributed by atoms with E-state index in [-0.39, 0.29) is 24.1 Å². The molecule has 0 aliphatic carbocycles. The Morgan fingerprint density at radius 1 is 1.00 bits per heavy atom. The Balaban J connectivity index is 1.20. The quantitative estimate of drug-likeness (QED) is 0.480. The van der Waals surface area contributed by atoms with Crippen LogP contribution in [0.25, 0.3) is 0 Å². The highest BCUT2D eigenvalue weighted by Crippen LogP contribution is 2.36. The monoisotopic (exact) mass is 491 g/mol. The Kier molecular flexibility index (Phi) is 6.73. The first-order valence-corrected chi connectivity index (χ1v) is 13.5. The van der Waals surface area contributed by atoms with Gasteiger partial charge in [0.1, 0.15) is 6.04 Å². The number of likely N-dealkylation sites (tertiary alicyclic amines) is 1. The Morgan fingerprint density at radius 3 is 2.43 bits per heavy atom. The van der Waals surface area contributed by atoms with Gasteiger partial charge in [0.2, 0.25) is 11.8 Å². The number of benzene rings is 2. The van der Waals surface area contributed by atoms with Crippen molar-refractivity contribution >= 4 is 29.5 Å². The van der Waals surface area contributed by atoms with Gasteiger partial charge in [-0.1, -0.05) is 44.2 Å². The first kappa shape index (κ1) is 24.1. The van der Waals surface area contributed by atoms with Crippen molar-refractivity contribution in [3.05, 3.63) is 64.7 Å². The maximum absolute atomic E-state index is 13.0. The topological polar surface area (TPSA) is 69.7 Å². The van der Waals surface area contributed by atoms with E-state index in [1.54, 1.807) is 16.7 Å². The van der Waals surface area contributed by atoms with Crippen molar-refractivity contribution in [1.29, 1.82) is 0 Å². The van der Waals surface area contributed by atoms with Crippen LogP contribution in [0, 0.1) is 5.41 Å². The van der Waals surface area contributed by atoms with E-state index in [4.69, 9.17) is 0 Å². The van der Waals surface area contributed by atoms with Crippen LogP contribution < -0.4 is 5.32 Å². The largest absolute Gasteiger partial charge is 0.322 e. The zero-order chi connectivity index (χ0) is 24.6. The summed E-state index contributed by atoms with van der Waals surface area (Å²) in [6.45, 7) is 8.47. The average molecular weight is 492 g/mol. The first-order valence-electron chi connectivity index (χ1n) is 12.5. The molecule has 1 N–H and O–H groups in total. The highest BCUT2D eigenvalue weighted by atomic mass is 32.2. The van der Waals surface area contributed by atoms with Crippen LogP contribution >= 0.6 is 11.8 Å². The smallest absolute Gasteiger partial charge is 0.255 e. The second-order valence-corrected chi connectivity index (χ2v) is 11.7. The molecule has 7 heteroatoms. The van der Waals surface area contributed by atoms with Crippen LogP contribution in [-0.2, 0) is 28.4 Å². The molecule has 184 valence electrons. The Labute approximate surface area is 211 Å². The molecular weight excluding hydrogens is 458 g/mol. The number of hydrogen-bond donors (Lipinski definition) is 1. The number of nitrogens with one attached hydrogen (secondary N) is 1. The van der Waals surface area contributed by atoms with Crippen LogP contribution in [0.4, 0.5) is 0 Å². The van der Waals surface area contributed by atoms with Gasteiger partial charge in [-0.25, -0.2) is 0 Å². The lowest BCUT2D eigenvalue weighted by atomic mass is 9.82. The molecule has 0 radical (unpaired) electrons. The van der Waals surface area contributed by atoms with E-state index < -0.39 is 6.04 Å². The van der Waals surface area contributed by atoms with Gasteiger partial charge in [0, 0.05) is 35.7 Å². The van der Waals surface area contributed by atoms with Crippen molar-refractivity contribution in [3.63, 3.8) is 0 Å². The van der Waals surface area contributed by atoms with Crippen LogP contribution in [0.2, 0.25) is 0 Å². The van der Waals surface area contributed by atoms with Crippen molar-refractivity contribution in [2.24, 2.45) is 5.41 Å². The summed E-state index contributed by atoms with van der Waals surface area (Å²) in [6, 6.07) is 14.1. The van der Waals surface area contributed by atoms with E-state index in [1.807, 2.05) is 12.1 Å². The highest BCUT2D eigenvalue weighted by Gasteiger charge is 2.39. The van der Waals surface area contributed by atoms with Gasteiger partial charge in [0.05, 0.1) is 0 Å². The zero-order valence-corrected chi connectivity index (χ0v) is 21.3. The number of thioether (sulfide) groups is 1. The molecule has 0 aromatic heterocycles. The van der Waals surface area contributed by atoms with Crippen molar-refractivity contribution < 1.29 is 14.4 Å². The molecule has 3 heterocycles. The van der Waals surface area contributed by atoms with Crippen LogP contribution in [0.1, 0.15) is 66.6 Å². The number of hydrogen-bond acceptors (Lipinski definition) is 5. The van der Waals surface area contributed by atoms with E-state index >= 15 is 0 Å². The van der Waals surface area contributed by atoms with Crippen LogP contribution in [0.5, 0.6) is 0 Å². The minimum Gasteiger partial charge on any atom is -0.322 e. The van der Waals surface area contributed by atoms with Gasteiger partial charge < -0.3 is 4.90 Å². The average Bonchev–Trinajstić information content (AvgIpc) is 3.17. The fraction of sp³-hybridized carbons (Fsp3) is 0.464. The van der Waals surface area contributed by atoms with Gasteiger partial charge in [-0.15, -0.1) is 11.8 Å². The normalized spacial score (nSPS) is 22.3. The van der Waals surface area contributed by atoms with Crippen LogP contribution in [0.3, 0.4) is 0 Å². The fourth-order valence-corrected chi connectivity index (χ4v) is 6.21. The number of piperidine rings is 2.